The van der Waals surface area contributed by atoms with E-state index in [0.717, 1.165) is 11.1 Å². The lowest BCUT2D eigenvalue weighted by Crippen LogP contribution is -2.34. The normalized spacial score (nSPS) is 12.2. The number of aromatic amines is 1. The monoisotopic (exact) mass is 534 g/mol. The summed E-state index contributed by atoms with van der Waals surface area (Å²) in [5.41, 5.74) is 2.52. The van der Waals surface area contributed by atoms with E-state index in [9.17, 15) is 13.2 Å². The summed E-state index contributed by atoms with van der Waals surface area (Å²) in [6, 6.07) is 21.9. The van der Waals surface area contributed by atoms with E-state index < -0.39 is 10.0 Å². The maximum Gasteiger partial charge on any atom is 0.252 e. The SMILES string of the molecule is COc1cc2cc(CN(CCc3ccccc3)S(=O)(=O)c3ccc(C(C)(C)C)cc3)c(=O)[nH]c2cc1OC. The number of fused-ring (bicyclic) bond motifs is 1. The van der Waals surface area contributed by atoms with Gasteiger partial charge in [-0.25, -0.2) is 8.42 Å². The van der Waals surface area contributed by atoms with Crippen molar-refractivity contribution in [3.63, 3.8) is 0 Å². The number of methoxy groups -OCH3 is 2. The van der Waals surface area contributed by atoms with Crippen LogP contribution in [0.5, 0.6) is 11.5 Å². The van der Waals surface area contributed by atoms with Crippen molar-refractivity contribution in [2.75, 3.05) is 20.8 Å². The molecule has 0 spiro atoms. The minimum atomic E-state index is -3.89. The number of hydrogen-bond donors (Lipinski definition) is 1. The molecule has 0 bridgehead atoms. The second-order valence-electron chi connectivity index (χ2n) is 10.3. The van der Waals surface area contributed by atoms with Crippen LogP contribution in [-0.2, 0) is 28.4 Å². The number of benzene rings is 3. The summed E-state index contributed by atoms with van der Waals surface area (Å²) in [6.45, 7) is 6.39. The Morgan fingerprint density at radius 1 is 0.868 bits per heavy atom. The van der Waals surface area contributed by atoms with Crippen molar-refractivity contribution in [1.82, 2.24) is 9.29 Å². The number of rotatable bonds is 9. The summed E-state index contributed by atoms with van der Waals surface area (Å²) in [6.07, 6.45) is 0.511. The number of H-pyrrole nitrogens is 1. The molecule has 1 N–H and O–H groups in total. The van der Waals surface area contributed by atoms with E-state index in [1.54, 1.807) is 37.4 Å². The van der Waals surface area contributed by atoms with E-state index in [1.807, 2.05) is 42.5 Å². The fourth-order valence-electron chi connectivity index (χ4n) is 4.34. The molecule has 0 saturated carbocycles. The van der Waals surface area contributed by atoms with Crippen LogP contribution in [0, 0.1) is 0 Å². The van der Waals surface area contributed by atoms with Crippen LogP contribution in [0.1, 0.15) is 37.5 Å². The smallest absolute Gasteiger partial charge is 0.252 e. The van der Waals surface area contributed by atoms with Gasteiger partial charge < -0.3 is 14.5 Å². The Labute approximate surface area is 224 Å². The molecule has 0 atom stereocenters. The maximum absolute atomic E-state index is 13.9. The summed E-state index contributed by atoms with van der Waals surface area (Å²) in [7, 11) is -0.821. The van der Waals surface area contributed by atoms with Crippen molar-refractivity contribution in [1.29, 1.82) is 0 Å². The molecule has 7 nitrogen and oxygen atoms in total. The topological polar surface area (TPSA) is 88.7 Å². The molecular weight excluding hydrogens is 500 g/mol. The lowest BCUT2D eigenvalue weighted by Gasteiger charge is -2.24. The van der Waals surface area contributed by atoms with Gasteiger partial charge in [0.05, 0.1) is 24.6 Å². The van der Waals surface area contributed by atoms with Crippen molar-refractivity contribution in [3.8, 4) is 11.5 Å². The molecule has 0 radical (unpaired) electrons. The van der Waals surface area contributed by atoms with Gasteiger partial charge in [-0.05, 0) is 47.2 Å². The number of aromatic nitrogens is 1. The zero-order valence-corrected chi connectivity index (χ0v) is 23.3. The van der Waals surface area contributed by atoms with Crippen molar-refractivity contribution in [2.24, 2.45) is 0 Å². The van der Waals surface area contributed by atoms with Gasteiger partial charge in [-0.15, -0.1) is 0 Å². The molecule has 8 heteroatoms. The van der Waals surface area contributed by atoms with Gasteiger partial charge >= 0.3 is 0 Å². The van der Waals surface area contributed by atoms with Gasteiger partial charge in [-0.3, -0.25) is 4.79 Å². The van der Waals surface area contributed by atoms with Crippen LogP contribution in [0.4, 0.5) is 0 Å². The highest BCUT2D eigenvalue weighted by molar-refractivity contribution is 7.89. The highest BCUT2D eigenvalue weighted by Gasteiger charge is 2.26. The molecule has 0 aliphatic carbocycles. The summed E-state index contributed by atoms with van der Waals surface area (Å²) in [5.74, 6) is 1.01. The molecule has 1 aromatic heterocycles. The molecule has 0 unspecified atom stereocenters. The van der Waals surface area contributed by atoms with Crippen LogP contribution in [0.3, 0.4) is 0 Å². The van der Waals surface area contributed by atoms with Gasteiger partial charge in [0.1, 0.15) is 0 Å². The molecular formula is C30H34N2O5S. The average molecular weight is 535 g/mol. The first-order chi connectivity index (χ1) is 18.0. The molecule has 3 aromatic carbocycles. The third-order valence-electron chi connectivity index (χ3n) is 6.62. The lowest BCUT2D eigenvalue weighted by molar-refractivity contribution is 0.355. The third kappa shape index (κ3) is 5.92. The Balaban J connectivity index is 1.73. The second-order valence-corrected chi connectivity index (χ2v) is 12.2. The van der Waals surface area contributed by atoms with Gasteiger partial charge in [0.25, 0.3) is 5.56 Å². The fourth-order valence-corrected chi connectivity index (χ4v) is 5.76. The predicted molar refractivity (Wildman–Crippen MR) is 151 cm³/mol. The van der Waals surface area contributed by atoms with Crippen molar-refractivity contribution in [2.45, 2.75) is 44.0 Å². The number of pyridine rings is 1. The highest BCUT2D eigenvalue weighted by atomic mass is 32.2. The van der Waals surface area contributed by atoms with Crippen LogP contribution in [0.2, 0.25) is 0 Å². The molecule has 4 aromatic rings. The zero-order chi connectivity index (χ0) is 27.5. The van der Waals surface area contributed by atoms with Crippen LogP contribution >= 0.6 is 0 Å². The Morgan fingerprint density at radius 3 is 2.11 bits per heavy atom. The van der Waals surface area contributed by atoms with Crippen molar-refractivity contribution < 1.29 is 17.9 Å². The number of nitrogens with one attached hydrogen (secondary N) is 1. The predicted octanol–water partition coefficient (Wildman–Crippen LogP) is 5.28. The van der Waals surface area contributed by atoms with E-state index >= 15 is 0 Å². The Morgan fingerprint density at radius 2 is 1.50 bits per heavy atom. The molecule has 0 fully saturated rings. The first-order valence-electron chi connectivity index (χ1n) is 12.5. The Kier molecular flexibility index (Phi) is 7.94. The third-order valence-corrected chi connectivity index (χ3v) is 8.48. The quantitative estimate of drug-likeness (QED) is 0.316. The molecule has 200 valence electrons. The molecule has 4 rings (SSSR count). The van der Waals surface area contributed by atoms with Gasteiger partial charge in [-0.2, -0.15) is 4.31 Å². The van der Waals surface area contributed by atoms with Gasteiger partial charge in [0.2, 0.25) is 10.0 Å². The molecule has 38 heavy (non-hydrogen) atoms. The van der Waals surface area contributed by atoms with Crippen molar-refractivity contribution >= 4 is 20.9 Å². The number of hydrogen-bond acceptors (Lipinski definition) is 5. The summed E-state index contributed by atoms with van der Waals surface area (Å²) < 4.78 is 39.8. The second kappa shape index (κ2) is 11.0. The van der Waals surface area contributed by atoms with E-state index in [0.29, 0.717) is 34.4 Å². The summed E-state index contributed by atoms with van der Waals surface area (Å²) in [5, 5.41) is 0.715. The molecule has 1 heterocycles. The minimum absolute atomic E-state index is 0.0736. The van der Waals surface area contributed by atoms with Crippen LogP contribution in [-0.4, -0.2) is 38.5 Å². The minimum Gasteiger partial charge on any atom is -0.493 e. The van der Waals surface area contributed by atoms with Crippen molar-refractivity contribution in [3.05, 3.63) is 99.8 Å². The van der Waals surface area contributed by atoms with Gasteiger partial charge in [0.15, 0.2) is 11.5 Å². The first kappa shape index (κ1) is 27.4. The summed E-state index contributed by atoms with van der Waals surface area (Å²) >= 11 is 0. The first-order valence-corrected chi connectivity index (χ1v) is 13.9. The standard InChI is InChI=1S/C30H34N2O5S/c1-30(2,3)24-11-13-25(14-12-24)38(34,35)32(16-15-21-9-7-6-8-10-21)20-23-17-22-18-27(36-4)28(37-5)19-26(22)31-29(23)33/h6-14,17-19H,15-16,20H2,1-5H3,(H,31,33). The van der Waals surface area contributed by atoms with E-state index in [1.165, 1.54) is 11.4 Å². The largest absolute Gasteiger partial charge is 0.493 e. The number of ether oxygens (including phenoxy) is 2. The van der Waals surface area contributed by atoms with E-state index in [-0.39, 0.29) is 29.0 Å². The number of nitrogens with zero attached hydrogens (tertiary/aromatic N) is 1. The highest BCUT2D eigenvalue weighted by Crippen LogP contribution is 2.31. The zero-order valence-electron chi connectivity index (χ0n) is 22.4. The van der Waals surface area contributed by atoms with Crippen LogP contribution < -0.4 is 15.0 Å². The van der Waals surface area contributed by atoms with Crippen LogP contribution in [0.15, 0.2) is 82.5 Å². The lowest BCUT2D eigenvalue weighted by atomic mass is 9.87. The Bertz CT molecular complexity index is 1570. The average Bonchev–Trinajstić information content (AvgIpc) is 2.90. The van der Waals surface area contributed by atoms with E-state index in [4.69, 9.17) is 9.47 Å². The molecule has 0 aliphatic heterocycles. The maximum atomic E-state index is 13.9. The fraction of sp³-hybridized carbons (Fsp3) is 0.300. The number of sulfonamides is 1. The van der Waals surface area contributed by atoms with E-state index in [2.05, 4.69) is 25.8 Å². The molecule has 0 amide bonds. The van der Waals surface area contributed by atoms with Gasteiger partial charge in [0, 0.05) is 30.1 Å². The Hall–Kier alpha value is -3.62. The molecule has 0 aliphatic rings. The van der Waals surface area contributed by atoms with Gasteiger partial charge in [-0.1, -0.05) is 63.2 Å². The summed E-state index contributed by atoms with van der Waals surface area (Å²) in [4.78, 5) is 16.1. The molecule has 0 saturated heterocycles. The van der Waals surface area contributed by atoms with Crippen LogP contribution in [0.25, 0.3) is 10.9 Å².